The number of piperidine rings is 1. The van der Waals surface area contributed by atoms with E-state index < -0.39 is 4.92 Å². The van der Waals surface area contributed by atoms with E-state index in [1.165, 1.54) is 6.33 Å². The summed E-state index contributed by atoms with van der Waals surface area (Å²) in [6.45, 7) is 6.54. The van der Waals surface area contributed by atoms with Gasteiger partial charge in [0, 0.05) is 32.7 Å². The first kappa shape index (κ1) is 14.0. The molecule has 2 heterocycles. The van der Waals surface area contributed by atoms with Gasteiger partial charge in [-0.1, -0.05) is 13.8 Å². The second-order valence-electron chi connectivity index (χ2n) is 5.98. The van der Waals surface area contributed by atoms with E-state index in [4.69, 9.17) is 5.73 Å². The molecule has 0 radical (unpaired) electrons. The highest BCUT2D eigenvalue weighted by molar-refractivity contribution is 5.26. The van der Waals surface area contributed by atoms with Crippen LogP contribution in [0.4, 0.5) is 5.82 Å². The quantitative estimate of drug-likeness (QED) is 0.648. The SMILES string of the molecule is Cn1cnc([N+](=O)[O-])c1CN1CCC(N)C(C)(C)C1. The van der Waals surface area contributed by atoms with Crippen molar-refractivity contribution >= 4 is 5.82 Å². The van der Waals surface area contributed by atoms with Crippen LogP contribution in [0.1, 0.15) is 26.0 Å². The zero-order chi connectivity index (χ0) is 14.2. The van der Waals surface area contributed by atoms with Gasteiger partial charge in [0.25, 0.3) is 0 Å². The minimum atomic E-state index is -0.420. The molecule has 1 fully saturated rings. The highest BCUT2D eigenvalue weighted by Gasteiger charge is 2.34. The molecule has 1 atom stereocenters. The van der Waals surface area contributed by atoms with Gasteiger partial charge in [0.2, 0.25) is 6.33 Å². The fourth-order valence-electron chi connectivity index (χ4n) is 2.61. The monoisotopic (exact) mass is 267 g/mol. The summed E-state index contributed by atoms with van der Waals surface area (Å²) in [6, 6.07) is 0.185. The molecule has 2 N–H and O–H groups in total. The molecule has 0 saturated carbocycles. The van der Waals surface area contributed by atoms with Crippen molar-refractivity contribution in [2.24, 2.45) is 18.2 Å². The standard InChI is InChI=1S/C12H21N5O2/c1-12(2)7-16(5-4-10(12)13)6-9-11(17(18)19)14-8-15(9)3/h8,10H,4-7,13H2,1-3H3. The zero-order valence-corrected chi connectivity index (χ0v) is 11.7. The molecule has 7 heteroatoms. The maximum Gasteiger partial charge on any atom is 0.386 e. The van der Waals surface area contributed by atoms with Gasteiger partial charge in [-0.2, -0.15) is 0 Å². The van der Waals surface area contributed by atoms with Gasteiger partial charge in [-0.25, -0.2) is 0 Å². The van der Waals surface area contributed by atoms with Crippen molar-refractivity contribution in [2.75, 3.05) is 13.1 Å². The first-order chi connectivity index (χ1) is 8.81. The van der Waals surface area contributed by atoms with Crippen molar-refractivity contribution in [1.29, 1.82) is 0 Å². The number of aryl methyl sites for hydroxylation is 1. The maximum absolute atomic E-state index is 10.9. The third-order valence-corrected chi connectivity index (χ3v) is 3.97. The van der Waals surface area contributed by atoms with Crippen molar-refractivity contribution in [3.8, 4) is 0 Å². The van der Waals surface area contributed by atoms with E-state index in [-0.39, 0.29) is 17.3 Å². The van der Waals surface area contributed by atoms with Crippen molar-refractivity contribution in [1.82, 2.24) is 14.5 Å². The molecule has 2 rings (SSSR count). The summed E-state index contributed by atoms with van der Waals surface area (Å²) >= 11 is 0. The van der Waals surface area contributed by atoms with Crippen LogP contribution in [0.2, 0.25) is 0 Å². The zero-order valence-electron chi connectivity index (χ0n) is 11.7. The molecule has 0 amide bonds. The van der Waals surface area contributed by atoms with E-state index in [1.807, 2.05) is 0 Å². The predicted molar refractivity (Wildman–Crippen MR) is 71.5 cm³/mol. The molecule has 1 aliphatic heterocycles. The van der Waals surface area contributed by atoms with Crippen molar-refractivity contribution < 1.29 is 4.92 Å². The lowest BCUT2D eigenvalue weighted by molar-refractivity contribution is -0.390. The summed E-state index contributed by atoms with van der Waals surface area (Å²) in [4.78, 5) is 16.6. The van der Waals surface area contributed by atoms with Crippen LogP contribution in [-0.2, 0) is 13.6 Å². The van der Waals surface area contributed by atoms with Crippen LogP contribution in [0.3, 0.4) is 0 Å². The lowest BCUT2D eigenvalue weighted by Crippen LogP contribution is -2.52. The number of likely N-dealkylation sites (tertiary alicyclic amines) is 1. The predicted octanol–water partition coefficient (Wildman–Crippen LogP) is 0.887. The molecule has 1 aromatic heterocycles. The summed E-state index contributed by atoms with van der Waals surface area (Å²) in [5.74, 6) is -0.0461. The van der Waals surface area contributed by atoms with E-state index in [9.17, 15) is 10.1 Å². The maximum atomic E-state index is 10.9. The fourth-order valence-corrected chi connectivity index (χ4v) is 2.61. The van der Waals surface area contributed by atoms with Crippen molar-refractivity contribution in [2.45, 2.75) is 32.9 Å². The number of hydrogen-bond acceptors (Lipinski definition) is 5. The Morgan fingerprint density at radius 1 is 1.63 bits per heavy atom. The number of hydrogen-bond donors (Lipinski definition) is 1. The molecular weight excluding hydrogens is 246 g/mol. The van der Waals surface area contributed by atoms with Crippen LogP contribution in [0.15, 0.2) is 6.33 Å². The first-order valence-electron chi connectivity index (χ1n) is 6.44. The molecule has 0 spiro atoms. The van der Waals surface area contributed by atoms with Gasteiger partial charge in [0.15, 0.2) is 0 Å². The summed E-state index contributed by atoms with van der Waals surface area (Å²) in [6.07, 6.45) is 2.41. The van der Waals surface area contributed by atoms with Crippen molar-refractivity contribution in [3.63, 3.8) is 0 Å². The molecule has 1 aliphatic rings. The Morgan fingerprint density at radius 2 is 2.32 bits per heavy atom. The van der Waals surface area contributed by atoms with E-state index in [0.29, 0.717) is 12.2 Å². The molecule has 0 aromatic carbocycles. The second-order valence-corrected chi connectivity index (χ2v) is 5.98. The third-order valence-electron chi connectivity index (χ3n) is 3.97. The smallest absolute Gasteiger partial charge is 0.358 e. The van der Waals surface area contributed by atoms with Gasteiger partial charge in [-0.05, 0) is 21.7 Å². The number of imidazole rings is 1. The first-order valence-corrected chi connectivity index (χ1v) is 6.44. The normalized spacial score (nSPS) is 23.5. The highest BCUT2D eigenvalue weighted by atomic mass is 16.6. The van der Waals surface area contributed by atoms with Crippen LogP contribution >= 0.6 is 0 Å². The van der Waals surface area contributed by atoms with Crippen LogP contribution in [0.25, 0.3) is 0 Å². The molecule has 1 aromatic rings. The van der Waals surface area contributed by atoms with E-state index in [1.54, 1.807) is 11.6 Å². The minimum absolute atomic E-state index is 0.0334. The van der Waals surface area contributed by atoms with Gasteiger partial charge in [0.05, 0.1) is 0 Å². The molecule has 19 heavy (non-hydrogen) atoms. The Hall–Kier alpha value is -1.47. The highest BCUT2D eigenvalue weighted by Crippen LogP contribution is 2.29. The molecule has 106 valence electrons. The summed E-state index contributed by atoms with van der Waals surface area (Å²) in [5, 5.41) is 10.9. The van der Waals surface area contributed by atoms with Crippen LogP contribution in [-0.4, -0.2) is 38.5 Å². The molecule has 7 nitrogen and oxygen atoms in total. The number of nitro groups is 1. The van der Waals surface area contributed by atoms with E-state index >= 15 is 0 Å². The Morgan fingerprint density at radius 3 is 2.89 bits per heavy atom. The minimum Gasteiger partial charge on any atom is -0.358 e. The molecule has 0 aliphatic carbocycles. The number of nitrogens with zero attached hydrogens (tertiary/aromatic N) is 4. The van der Waals surface area contributed by atoms with E-state index in [2.05, 4.69) is 23.7 Å². The molecule has 1 saturated heterocycles. The number of rotatable bonds is 3. The molecule has 1 unspecified atom stereocenters. The van der Waals surface area contributed by atoms with Crippen LogP contribution in [0.5, 0.6) is 0 Å². The third kappa shape index (κ3) is 2.76. The summed E-state index contributed by atoms with van der Waals surface area (Å²) in [5.41, 5.74) is 6.79. The van der Waals surface area contributed by atoms with Crippen molar-refractivity contribution in [3.05, 3.63) is 22.1 Å². The lowest BCUT2D eigenvalue weighted by Gasteiger charge is -2.42. The Labute approximate surface area is 112 Å². The fraction of sp³-hybridized carbons (Fsp3) is 0.750. The molecule has 0 bridgehead atoms. The van der Waals surface area contributed by atoms with E-state index in [0.717, 1.165) is 19.5 Å². The van der Waals surface area contributed by atoms with Gasteiger partial charge in [-0.15, -0.1) is 0 Å². The molecular formula is C12H21N5O2. The van der Waals surface area contributed by atoms with Gasteiger partial charge < -0.3 is 20.4 Å². The average molecular weight is 267 g/mol. The second kappa shape index (κ2) is 4.90. The average Bonchev–Trinajstić information content (AvgIpc) is 2.66. The van der Waals surface area contributed by atoms with Gasteiger partial charge in [-0.3, -0.25) is 4.90 Å². The van der Waals surface area contributed by atoms with Crippen LogP contribution < -0.4 is 5.73 Å². The van der Waals surface area contributed by atoms with Gasteiger partial charge >= 0.3 is 5.82 Å². The Kier molecular flexibility index (Phi) is 3.60. The summed E-state index contributed by atoms with van der Waals surface area (Å²) in [7, 11) is 1.79. The van der Waals surface area contributed by atoms with Gasteiger partial charge in [0.1, 0.15) is 5.69 Å². The Balaban J connectivity index is 2.14. The number of aromatic nitrogens is 2. The lowest BCUT2D eigenvalue weighted by atomic mass is 9.79. The van der Waals surface area contributed by atoms with Crippen LogP contribution in [0, 0.1) is 15.5 Å². The topological polar surface area (TPSA) is 90.2 Å². The Bertz CT molecular complexity index is 482. The number of nitrogens with two attached hydrogens (primary N) is 1. The largest absolute Gasteiger partial charge is 0.386 e. The summed E-state index contributed by atoms with van der Waals surface area (Å²) < 4.78 is 1.72.